The lowest BCUT2D eigenvalue weighted by atomic mass is 10.2. The molecular formula is C14H17F3N4. The van der Waals surface area contributed by atoms with E-state index in [2.05, 4.69) is 29.5 Å². The first-order chi connectivity index (χ1) is 9.88. The van der Waals surface area contributed by atoms with Gasteiger partial charge in [0.1, 0.15) is 0 Å². The molecule has 1 heterocycles. The second kappa shape index (κ2) is 6.26. The summed E-state index contributed by atoms with van der Waals surface area (Å²) < 4.78 is 39.7. The van der Waals surface area contributed by atoms with E-state index in [0.717, 1.165) is 24.4 Å². The molecule has 0 unspecified atom stereocenters. The smallest absolute Gasteiger partial charge is 0.311 e. The molecule has 0 radical (unpaired) electrons. The van der Waals surface area contributed by atoms with Crippen LogP contribution >= 0.6 is 0 Å². The molecule has 4 nitrogen and oxygen atoms in total. The van der Waals surface area contributed by atoms with Gasteiger partial charge in [-0.2, -0.15) is 13.2 Å². The molecule has 1 aromatic carbocycles. The van der Waals surface area contributed by atoms with Crippen LogP contribution in [0.3, 0.4) is 0 Å². The molecule has 114 valence electrons. The van der Waals surface area contributed by atoms with Crippen LogP contribution in [-0.2, 0) is 12.7 Å². The summed E-state index contributed by atoms with van der Waals surface area (Å²) in [4.78, 5) is 0. The summed E-state index contributed by atoms with van der Waals surface area (Å²) in [6, 6.07) is 5.05. The van der Waals surface area contributed by atoms with Crippen LogP contribution < -0.4 is 5.32 Å². The molecule has 0 amide bonds. The minimum atomic E-state index is -4.37. The topological polar surface area (TPSA) is 42.7 Å². The average Bonchev–Trinajstić information content (AvgIpc) is 2.86. The molecule has 0 aliphatic carbocycles. The van der Waals surface area contributed by atoms with E-state index in [9.17, 15) is 13.2 Å². The van der Waals surface area contributed by atoms with Gasteiger partial charge in [0.05, 0.1) is 23.1 Å². The van der Waals surface area contributed by atoms with Crippen LogP contribution in [-0.4, -0.2) is 21.5 Å². The van der Waals surface area contributed by atoms with E-state index in [0.29, 0.717) is 18.2 Å². The first-order valence-electron chi connectivity index (χ1n) is 6.66. The maximum atomic E-state index is 12.7. The summed E-state index contributed by atoms with van der Waals surface area (Å²) >= 11 is 0. The highest BCUT2D eigenvalue weighted by molar-refractivity contribution is 5.37. The first-order valence-corrected chi connectivity index (χ1v) is 6.66. The number of benzene rings is 1. The van der Waals surface area contributed by atoms with Crippen molar-refractivity contribution in [3.63, 3.8) is 0 Å². The maximum Gasteiger partial charge on any atom is 0.416 e. The zero-order valence-electron chi connectivity index (χ0n) is 11.9. The minimum absolute atomic E-state index is 0.351. The zero-order chi connectivity index (χ0) is 15.5. The predicted octanol–water partition coefficient (Wildman–Crippen LogP) is 3.03. The number of hydrogen-bond donors (Lipinski definition) is 1. The number of aromatic nitrogens is 3. The predicted molar refractivity (Wildman–Crippen MR) is 72.9 cm³/mol. The number of nitrogens with one attached hydrogen (secondary N) is 1. The van der Waals surface area contributed by atoms with E-state index in [1.54, 1.807) is 12.3 Å². The van der Waals surface area contributed by atoms with Crippen molar-refractivity contribution in [2.75, 3.05) is 6.54 Å². The average molecular weight is 298 g/mol. The number of rotatable bonds is 5. The molecule has 0 spiro atoms. The molecule has 0 fully saturated rings. The highest BCUT2D eigenvalue weighted by atomic mass is 19.4. The fourth-order valence-electron chi connectivity index (χ4n) is 1.90. The second-order valence-corrected chi connectivity index (χ2v) is 5.21. The Morgan fingerprint density at radius 3 is 2.71 bits per heavy atom. The van der Waals surface area contributed by atoms with Crippen molar-refractivity contribution in [2.45, 2.75) is 26.6 Å². The number of alkyl halides is 3. The summed E-state index contributed by atoms with van der Waals surface area (Å²) in [5.74, 6) is 0.489. The summed E-state index contributed by atoms with van der Waals surface area (Å²) in [5, 5.41) is 10.9. The summed E-state index contributed by atoms with van der Waals surface area (Å²) in [6.45, 7) is 5.47. The molecule has 0 bridgehead atoms. The van der Waals surface area contributed by atoms with Crippen molar-refractivity contribution in [1.82, 2.24) is 20.3 Å². The Morgan fingerprint density at radius 2 is 2.05 bits per heavy atom. The van der Waals surface area contributed by atoms with Gasteiger partial charge in [0.15, 0.2) is 0 Å². The van der Waals surface area contributed by atoms with Crippen LogP contribution in [0, 0.1) is 5.92 Å². The van der Waals surface area contributed by atoms with Crippen LogP contribution in [0.5, 0.6) is 0 Å². The van der Waals surface area contributed by atoms with E-state index < -0.39 is 11.7 Å². The number of nitrogens with zero attached hydrogens (tertiary/aromatic N) is 3. The Morgan fingerprint density at radius 1 is 1.29 bits per heavy atom. The van der Waals surface area contributed by atoms with Gasteiger partial charge in [-0.3, -0.25) is 0 Å². The molecule has 2 aromatic rings. The van der Waals surface area contributed by atoms with Crippen molar-refractivity contribution < 1.29 is 13.2 Å². The lowest BCUT2D eigenvalue weighted by molar-refractivity contribution is -0.137. The van der Waals surface area contributed by atoms with Gasteiger partial charge < -0.3 is 5.32 Å². The highest BCUT2D eigenvalue weighted by Crippen LogP contribution is 2.30. The molecule has 1 aromatic heterocycles. The standard InChI is InChI=1S/C14H17F3N4/c1-10(2)7-18-8-13-9-19-20-21(13)12-5-3-4-11(6-12)14(15,16)17/h3-6,9-10,18H,7-8H2,1-2H3. The Hall–Kier alpha value is -1.89. The fourth-order valence-corrected chi connectivity index (χ4v) is 1.90. The minimum Gasteiger partial charge on any atom is -0.311 e. The molecule has 1 N–H and O–H groups in total. The third kappa shape index (κ3) is 4.04. The third-order valence-electron chi connectivity index (χ3n) is 2.90. The largest absolute Gasteiger partial charge is 0.416 e. The molecule has 0 aliphatic heterocycles. The van der Waals surface area contributed by atoms with Gasteiger partial charge in [-0.15, -0.1) is 5.10 Å². The first kappa shape index (κ1) is 15.5. The van der Waals surface area contributed by atoms with Crippen LogP contribution in [0.2, 0.25) is 0 Å². The molecule has 0 saturated carbocycles. The summed E-state index contributed by atoms with van der Waals surface area (Å²) in [7, 11) is 0. The van der Waals surface area contributed by atoms with Crippen molar-refractivity contribution in [1.29, 1.82) is 0 Å². The lowest BCUT2D eigenvalue weighted by Gasteiger charge is -2.11. The third-order valence-corrected chi connectivity index (χ3v) is 2.90. The van der Waals surface area contributed by atoms with Gasteiger partial charge in [0, 0.05) is 6.54 Å². The van der Waals surface area contributed by atoms with Crippen LogP contribution in [0.15, 0.2) is 30.5 Å². The molecule has 0 aliphatic rings. The molecule has 0 saturated heterocycles. The van der Waals surface area contributed by atoms with Crippen LogP contribution in [0.1, 0.15) is 25.1 Å². The lowest BCUT2D eigenvalue weighted by Crippen LogP contribution is -2.21. The van der Waals surface area contributed by atoms with Gasteiger partial charge >= 0.3 is 6.18 Å². The van der Waals surface area contributed by atoms with E-state index in [-0.39, 0.29) is 0 Å². The quantitative estimate of drug-likeness (QED) is 0.922. The van der Waals surface area contributed by atoms with Gasteiger partial charge in [-0.25, -0.2) is 4.68 Å². The fraction of sp³-hybridized carbons (Fsp3) is 0.429. The van der Waals surface area contributed by atoms with Crippen LogP contribution in [0.25, 0.3) is 5.69 Å². The maximum absolute atomic E-state index is 12.7. The van der Waals surface area contributed by atoms with Gasteiger partial charge in [0.2, 0.25) is 0 Å². The normalized spacial score (nSPS) is 12.1. The van der Waals surface area contributed by atoms with Crippen molar-refractivity contribution in [3.05, 3.63) is 41.7 Å². The van der Waals surface area contributed by atoms with Crippen molar-refractivity contribution in [3.8, 4) is 5.69 Å². The molecule has 0 atom stereocenters. The van der Waals surface area contributed by atoms with Crippen LogP contribution in [0.4, 0.5) is 13.2 Å². The Kier molecular flexibility index (Phi) is 4.62. The van der Waals surface area contributed by atoms with Crippen molar-refractivity contribution >= 4 is 0 Å². The molecular weight excluding hydrogens is 281 g/mol. The summed E-state index contributed by atoms with van der Waals surface area (Å²) in [5.41, 5.74) is 0.371. The van der Waals surface area contributed by atoms with E-state index in [1.165, 1.54) is 10.7 Å². The number of halogens is 3. The van der Waals surface area contributed by atoms with Gasteiger partial charge in [-0.05, 0) is 30.7 Å². The van der Waals surface area contributed by atoms with E-state index in [1.807, 2.05) is 0 Å². The Labute approximate surface area is 121 Å². The zero-order valence-corrected chi connectivity index (χ0v) is 11.9. The highest BCUT2D eigenvalue weighted by Gasteiger charge is 2.30. The van der Waals surface area contributed by atoms with E-state index in [4.69, 9.17) is 0 Å². The SMILES string of the molecule is CC(C)CNCc1cnnn1-c1cccc(C(F)(F)F)c1. The Balaban J connectivity index is 2.21. The summed E-state index contributed by atoms with van der Waals surface area (Å²) in [6.07, 6.45) is -2.82. The van der Waals surface area contributed by atoms with Gasteiger partial charge in [0.25, 0.3) is 0 Å². The molecule has 7 heteroatoms. The molecule has 21 heavy (non-hydrogen) atoms. The number of hydrogen-bond acceptors (Lipinski definition) is 3. The van der Waals surface area contributed by atoms with Crippen molar-refractivity contribution in [2.24, 2.45) is 5.92 Å². The monoisotopic (exact) mass is 298 g/mol. The Bertz CT molecular complexity index is 590. The second-order valence-electron chi connectivity index (χ2n) is 5.21. The van der Waals surface area contributed by atoms with Gasteiger partial charge in [-0.1, -0.05) is 25.1 Å². The molecule has 2 rings (SSSR count). The van der Waals surface area contributed by atoms with E-state index >= 15 is 0 Å².